The third-order valence-corrected chi connectivity index (χ3v) is 3.75. The molecule has 3 rings (SSSR count). The number of rotatable bonds is 3. The summed E-state index contributed by atoms with van der Waals surface area (Å²) >= 11 is 0. The summed E-state index contributed by atoms with van der Waals surface area (Å²) in [4.78, 5) is 23.0. The molecule has 2 heterocycles. The fourth-order valence-electron chi connectivity index (χ4n) is 2.71. The lowest BCUT2D eigenvalue weighted by Gasteiger charge is -2.09. The van der Waals surface area contributed by atoms with Crippen molar-refractivity contribution in [3.8, 4) is 0 Å². The monoisotopic (exact) mass is 255 g/mol. The summed E-state index contributed by atoms with van der Waals surface area (Å²) in [5.41, 5.74) is 2.37. The summed E-state index contributed by atoms with van der Waals surface area (Å²) in [5, 5.41) is 0. The molecule has 0 amide bonds. The zero-order valence-corrected chi connectivity index (χ0v) is 11.0. The third kappa shape index (κ3) is 2.63. The third-order valence-electron chi connectivity index (χ3n) is 3.75. The quantitative estimate of drug-likeness (QED) is 0.788. The van der Waals surface area contributed by atoms with Crippen LogP contribution in [-0.2, 0) is 0 Å². The van der Waals surface area contributed by atoms with Crippen molar-refractivity contribution in [2.45, 2.75) is 12.8 Å². The van der Waals surface area contributed by atoms with Gasteiger partial charge in [0.2, 0.25) is 0 Å². The predicted octanol–water partition coefficient (Wildman–Crippen LogP) is 2.15. The van der Waals surface area contributed by atoms with Crippen LogP contribution < -0.4 is 0 Å². The molecule has 0 spiro atoms. The lowest BCUT2D eigenvalue weighted by molar-refractivity contribution is 0.0963. The number of Topliss-reactive ketones (excluding diaryl/α,β-unsaturated/α-hetero) is 1. The van der Waals surface area contributed by atoms with Gasteiger partial charge in [0.25, 0.3) is 0 Å². The molecule has 0 bridgehead atoms. The first kappa shape index (κ1) is 12.2. The summed E-state index contributed by atoms with van der Waals surface area (Å²) in [5.74, 6) is 0.711. The number of hydrogen-bond donors (Lipinski definition) is 0. The van der Waals surface area contributed by atoms with Crippen molar-refractivity contribution in [3.05, 3.63) is 36.2 Å². The van der Waals surface area contributed by atoms with Gasteiger partial charge in [-0.3, -0.25) is 14.8 Å². The van der Waals surface area contributed by atoms with Crippen molar-refractivity contribution < 1.29 is 4.79 Å². The number of likely N-dealkylation sites (tertiary alicyclic amines) is 1. The second kappa shape index (κ2) is 5.05. The fraction of sp³-hybridized carbons (Fsp3) is 0.400. The van der Waals surface area contributed by atoms with Gasteiger partial charge < -0.3 is 4.90 Å². The number of ketones is 1. The maximum Gasteiger partial charge on any atom is 0.163 e. The molecule has 1 fully saturated rings. The average molecular weight is 255 g/mol. The van der Waals surface area contributed by atoms with Crippen molar-refractivity contribution >= 4 is 16.8 Å². The van der Waals surface area contributed by atoms with Crippen LogP contribution in [0, 0.1) is 5.92 Å². The van der Waals surface area contributed by atoms with Gasteiger partial charge in [-0.15, -0.1) is 0 Å². The first-order valence-electron chi connectivity index (χ1n) is 6.65. The standard InChI is InChI=1S/C15H17N3O/c1-18-7-4-11(10-18)8-15(19)12-2-3-13-14(9-12)17-6-5-16-13/h2-3,5-6,9,11H,4,7-8,10H2,1H3/t11-/m0/s1. The van der Waals surface area contributed by atoms with Gasteiger partial charge in [-0.2, -0.15) is 0 Å². The Bertz CT molecular complexity index is 611. The van der Waals surface area contributed by atoms with E-state index in [4.69, 9.17) is 0 Å². The molecule has 0 N–H and O–H groups in total. The van der Waals surface area contributed by atoms with Gasteiger partial charge in [0.1, 0.15) is 0 Å². The number of carbonyl (C=O) groups is 1. The van der Waals surface area contributed by atoms with Crippen molar-refractivity contribution in [1.82, 2.24) is 14.9 Å². The minimum atomic E-state index is 0.216. The summed E-state index contributed by atoms with van der Waals surface area (Å²) in [6.45, 7) is 2.13. The number of carbonyl (C=O) groups excluding carboxylic acids is 1. The SMILES string of the molecule is CN1CC[C@@H](CC(=O)c2ccc3nccnc3c2)C1. The highest BCUT2D eigenvalue weighted by molar-refractivity contribution is 5.98. The zero-order valence-electron chi connectivity index (χ0n) is 11.0. The Hall–Kier alpha value is -1.81. The van der Waals surface area contributed by atoms with Crippen LogP contribution in [0.2, 0.25) is 0 Å². The van der Waals surface area contributed by atoms with Gasteiger partial charge in [0.15, 0.2) is 5.78 Å². The molecule has 0 unspecified atom stereocenters. The van der Waals surface area contributed by atoms with Gasteiger partial charge in [0, 0.05) is 30.9 Å². The maximum atomic E-state index is 12.3. The first-order valence-corrected chi connectivity index (χ1v) is 6.65. The van der Waals surface area contributed by atoms with Gasteiger partial charge >= 0.3 is 0 Å². The minimum absolute atomic E-state index is 0.216. The Balaban J connectivity index is 1.77. The molecule has 2 aromatic rings. The van der Waals surface area contributed by atoms with Crippen LogP contribution in [0.1, 0.15) is 23.2 Å². The molecule has 1 aromatic heterocycles. The smallest absolute Gasteiger partial charge is 0.163 e. The summed E-state index contributed by atoms with van der Waals surface area (Å²) in [7, 11) is 2.11. The minimum Gasteiger partial charge on any atom is -0.306 e. The average Bonchev–Trinajstić information content (AvgIpc) is 2.83. The van der Waals surface area contributed by atoms with Gasteiger partial charge in [0.05, 0.1) is 11.0 Å². The van der Waals surface area contributed by atoms with E-state index in [1.165, 1.54) is 0 Å². The summed E-state index contributed by atoms with van der Waals surface area (Å²) < 4.78 is 0. The lowest BCUT2D eigenvalue weighted by Crippen LogP contribution is -2.16. The van der Waals surface area contributed by atoms with Crippen molar-refractivity contribution in [2.24, 2.45) is 5.92 Å². The highest BCUT2D eigenvalue weighted by atomic mass is 16.1. The Morgan fingerprint density at radius 1 is 1.32 bits per heavy atom. The predicted molar refractivity (Wildman–Crippen MR) is 74.1 cm³/mol. The van der Waals surface area contributed by atoms with Crippen LogP contribution in [0.4, 0.5) is 0 Å². The van der Waals surface area contributed by atoms with E-state index in [0.717, 1.165) is 36.1 Å². The Morgan fingerprint density at radius 2 is 2.11 bits per heavy atom. The zero-order chi connectivity index (χ0) is 13.2. The number of benzene rings is 1. The molecule has 4 heteroatoms. The number of hydrogen-bond acceptors (Lipinski definition) is 4. The van der Waals surface area contributed by atoms with E-state index in [1.807, 2.05) is 18.2 Å². The molecular weight excluding hydrogens is 238 g/mol. The second-order valence-electron chi connectivity index (χ2n) is 5.30. The van der Waals surface area contributed by atoms with Crippen LogP contribution in [0.15, 0.2) is 30.6 Å². The summed E-state index contributed by atoms with van der Waals surface area (Å²) in [6, 6.07) is 5.58. The van der Waals surface area contributed by atoms with E-state index in [1.54, 1.807) is 12.4 Å². The van der Waals surface area contributed by atoms with Crippen molar-refractivity contribution in [1.29, 1.82) is 0 Å². The van der Waals surface area contributed by atoms with Crippen molar-refractivity contribution in [3.63, 3.8) is 0 Å². The Morgan fingerprint density at radius 3 is 2.84 bits per heavy atom. The van der Waals surface area contributed by atoms with Crippen LogP contribution in [0.3, 0.4) is 0 Å². The van der Waals surface area contributed by atoms with E-state index < -0.39 is 0 Å². The fourth-order valence-corrected chi connectivity index (χ4v) is 2.71. The van der Waals surface area contributed by atoms with Gasteiger partial charge in [-0.05, 0) is 44.1 Å². The maximum absolute atomic E-state index is 12.3. The molecule has 0 radical (unpaired) electrons. The highest BCUT2D eigenvalue weighted by Crippen LogP contribution is 2.21. The molecule has 4 nitrogen and oxygen atoms in total. The van der Waals surface area contributed by atoms with E-state index in [9.17, 15) is 4.79 Å². The Labute approximate surface area is 112 Å². The second-order valence-corrected chi connectivity index (χ2v) is 5.30. The molecule has 0 saturated carbocycles. The molecule has 1 atom stereocenters. The summed E-state index contributed by atoms with van der Waals surface area (Å²) in [6.07, 6.45) is 5.08. The number of aromatic nitrogens is 2. The van der Waals surface area contributed by atoms with Gasteiger partial charge in [-0.1, -0.05) is 0 Å². The first-order chi connectivity index (χ1) is 9.22. The number of fused-ring (bicyclic) bond motifs is 1. The van der Waals surface area contributed by atoms with Crippen LogP contribution in [0.5, 0.6) is 0 Å². The topological polar surface area (TPSA) is 46.1 Å². The molecule has 1 aromatic carbocycles. The molecule has 1 aliphatic heterocycles. The van der Waals surface area contributed by atoms with Crippen LogP contribution in [-0.4, -0.2) is 40.8 Å². The largest absolute Gasteiger partial charge is 0.306 e. The molecule has 1 aliphatic rings. The Kier molecular flexibility index (Phi) is 3.25. The van der Waals surface area contributed by atoms with E-state index in [-0.39, 0.29) is 5.78 Å². The van der Waals surface area contributed by atoms with Crippen LogP contribution >= 0.6 is 0 Å². The molecular formula is C15H17N3O. The van der Waals surface area contributed by atoms with E-state index >= 15 is 0 Å². The van der Waals surface area contributed by atoms with E-state index in [0.29, 0.717) is 12.3 Å². The van der Waals surface area contributed by atoms with Crippen molar-refractivity contribution in [2.75, 3.05) is 20.1 Å². The lowest BCUT2D eigenvalue weighted by atomic mass is 9.97. The van der Waals surface area contributed by atoms with Crippen LogP contribution in [0.25, 0.3) is 11.0 Å². The molecule has 0 aliphatic carbocycles. The molecule has 1 saturated heterocycles. The number of nitrogens with zero attached hydrogens (tertiary/aromatic N) is 3. The normalized spacial score (nSPS) is 19.9. The van der Waals surface area contributed by atoms with Gasteiger partial charge in [-0.25, -0.2) is 0 Å². The van der Waals surface area contributed by atoms with E-state index in [2.05, 4.69) is 21.9 Å². The molecule has 98 valence electrons. The highest BCUT2D eigenvalue weighted by Gasteiger charge is 2.22. The molecule has 19 heavy (non-hydrogen) atoms.